The Hall–Kier alpha value is -0.220. The van der Waals surface area contributed by atoms with Gasteiger partial charge in [-0.15, -0.1) is 0 Å². The van der Waals surface area contributed by atoms with Gasteiger partial charge in [-0.3, -0.25) is 4.79 Å². The largest absolute Gasteiger partial charge is 0.341 e. The second-order valence-corrected chi connectivity index (χ2v) is 6.58. The van der Waals surface area contributed by atoms with Crippen molar-refractivity contribution >= 4 is 17.7 Å². The number of carbonyl (C=O) groups excluding carboxylic acids is 1. The summed E-state index contributed by atoms with van der Waals surface area (Å²) in [7, 11) is 0. The smallest absolute Gasteiger partial charge is 0.226 e. The first-order valence-corrected chi connectivity index (χ1v) is 7.77. The van der Waals surface area contributed by atoms with Crippen LogP contribution in [0.25, 0.3) is 0 Å². The van der Waals surface area contributed by atoms with E-state index < -0.39 is 0 Å². The first kappa shape index (κ1) is 14.8. The van der Waals surface area contributed by atoms with Crippen molar-refractivity contribution in [2.45, 2.75) is 51.3 Å². The predicted molar refractivity (Wildman–Crippen MR) is 75.2 cm³/mol. The van der Waals surface area contributed by atoms with Crippen molar-refractivity contribution in [3.63, 3.8) is 0 Å². The lowest BCUT2D eigenvalue weighted by atomic mass is 10.0. The molecular weight excluding hydrogens is 232 g/mol. The normalized spacial score (nSPS) is 25.2. The summed E-state index contributed by atoms with van der Waals surface area (Å²) in [5.41, 5.74) is 5.82. The molecule has 17 heavy (non-hydrogen) atoms. The highest BCUT2D eigenvalue weighted by Gasteiger charge is 2.26. The van der Waals surface area contributed by atoms with Crippen LogP contribution < -0.4 is 5.73 Å². The molecule has 3 unspecified atom stereocenters. The lowest BCUT2D eigenvalue weighted by molar-refractivity contribution is -0.135. The molecule has 2 N–H and O–H groups in total. The highest BCUT2D eigenvalue weighted by atomic mass is 32.2. The van der Waals surface area contributed by atoms with Crippen molar-refractivity contribution in [1.29, 1.82) is 0 Å². The Kier molecular flexibility index (Phi) is 6.34. The van der Waals surface area contributed by atoms with Gasteiger partial charge in [0.15, 0.2) is 0 Å². The third-order valence-electron chi connectivity index (χ3n) is 3.52. The van der Waals surface area contributed by atoms with Gasteiger partial charge in [0.05, 0.1) is 5.92 Å². The molecule has 1 aliphatic heterocycles. The topological polar surface area (TPSA) is 46.3 Å². The molecule has 0 bridgehead atoms. The minimum Gasteiger partial charge on any atom is -0.341 e. The van der Waals surface area contributed by atoms with Crippen molar-refractivity contribution in [3.05, 3.63) is 0 Å². The average Bonchev–Trinajstić information content (AvgIpc) is 2.53. The molecule has 0 aromatic carbocycles. The number of amides is 1. The summed E-state index contributed by atoms with van der Waals surface area (Å²) in [4.78, 5) is 14.3. The Morgan fingerprint density at radius 1 is 1.47 bits per heavy atom. The number of nitrogens with two attached hydrogens (primary N) is 1. The Labute approximate surface area is 109 Å². The first-order chi connectivity index (χ1) is 8.06. The zero-order valence-electron chi connectivity index (χ0n) is 11.3. The molecule has 3 nitrogen and oxygen atoms in total. The van der Waals surface area contributed by atoms with Crippen molar-refractivity contribution in [2.24, 2.45) is 11.7 Å². The molecule has 3 atom stereocenters. The van der Waals surface area contributed by atoms with E-state index in [9.17, 15) is 4.79 Å². The maximum absolute atomic E-state index is 12.3. The van der Waals surface area contributed by atoms with Crippen LogP contribution in [0.5, 0.6) is 0 Å². The SMILES string of the molecule is CCSC1CCCCN(C(=O)C(C)C(C)N)C1. The Balaban J connectivity index is 2.58. The maximum atomic E-state index is 12.3. The summed E-state index contributed by atoms with van der Waals surface area (Å²) in [6.07, 6.45) is 3.63. The fourth-order valence-electron chi connectivity index (χ4n) is 2.19. The van der Waals surface area contributed by atoms with Gasteiger partial charge < -0.3 is 10.6 Å². The predicted octanol–water partition coefficient (Wildman–Crippen LogP) is 2.10. The number of hydrogen-bond donors (Lipinski definition) is 1. The number of carbonyl (C=O) groups is 1. The number of rotatable bonds is 4. The van der Waals surface area contributed by atoms with Crippen LogP contribution >= 0.6 is 11.8 Å². The second kappa shape index (κ2) is 7.27. The summed E-state index contributed by atoms with van der Waals surface area (Å²) >= 11 is 1.98. The average molecular weight is 258 g/mol. The molecule has 4 heteroatoms. The summed E-state index contributed by atoms with van der Waals surface area (Å²) in [6, 6.07) is -0.0527. The highest BCUT2D eigenvalue weighted by molar-refractivity contribution is 7.99. The molecule has 0 radical (unpaired) electrons. The fourth-order valence-corrected chi connectivity index (χ4v) is 3.28. The molecule has 0 spiro atoms. The van der Waals surface area contributed by atoms with Gasteiger partial charge >= 0.3 is 0 Å². The molecule has 0 saturated carbocycles. The number of likely N-dealkylation sites (tertiary alicyclic amines) is 1. The second-order valence-electron chi connectivity index (χ2n) is 5.01. The van der Waals surface area contributed by atoms with Gasteiger partial charge in [0.25, 0.3) is 0 Å². The van der Waals surface area contributed by atoms with E-state index in [0.29, 0.717) is 5.25 Å². The molecule has 0 aromatic rings. The molecule has 100 valence electrons. The van der Waals surface area contributed by atoms with E-state index >= 15 is 0 Å². The maximum Gasteiger partial charge on any atom is 0.226 e. The lowest BCUT2D eigenvalue weighted by Crippen LogP contribution is -2.43. The molecule has 0 aliphatic carbocycles. The Morgan fingerprint density at radius 2 is 2.18 bits per heavy atom. The van der Waals surface area contributed by atoms with Crippen LogP contribution in [-0.4, -0.2) is 40.9 Å². The third kappa shape index (κ3) is 4.51. The van der Waals surface area contributed by atoms with E-state index in [4.69, 9.17) is 5.73 Å². The molecular formula is C13H26N2OS. The van der Waals surface area contributed by atoms with Crippen LogP contribution in [0.1, 0.15) is 40.0 Å². The van der Waals surface area contributed by atoms with Crippen LogP contribution in [-0.2, 0) is 4.79 Å². The Morgan fingerprint density at radius 3 is 2.76 bits per heavy atom. The van der Waals surface area contributed by atoms with E-state index in [1.54, 1.807) is 0 Å². The van der Waals surface area contributed by atoms with Crippen LogP contribution in [0.2, 0.25) is 0 Å². The van der Waals surface area contributed by atoms with Gasteiger partial charge in [-0.05, 0) is 25.5 Å². The highest BCUT2D eigenvalue weighted by Crippen LogP contribution is 2.23. The number of nitrogens with zero attached hydrogens (tertiary/aromatic N) is 1. The van der Waals surface area contributed by atoms with Crippen molar-refractivity contribution in [1.82, 2.24) is 4.90 Å². The standard InChI is InChI=1S/C13H26N2OS/c1-4-17-12-7-5-6-8-15(9-12)13(16)10(2)11(3)14/h10-12H,4-9,14H2,1-3H3. The van der Waals surface area contributed by atoms with Crippen molar-refractivity contribution in [2.75, 3.05) is 18.8 Å². The minimum atomic E-state index is -0.0552. The number of hydrogen-bond acceptors (Lipinski definition) is 3. The zero-order chi connectivity index (χ0) is 12.8. The van der Waals surface area contributed by atoms with Gasteiger partial charge in [-0.2, -0.15) is 11.8 Å². The van der Waals surface area contributed by atoms with E-state index in [0.717, 1.165) is 25.3 Å². The van der Waals surface area contributed by atoms with Crippen LogP contribution in [0, 0.1) is 5.92 Å². The van der Waals surface area contributed by atoms with E-state index in [2.05, 4.69) is 6.92 Å². The summed E-state index contributed by atoms with van der Waals surface area (Å²) < 4.78 is 0. The van der Waals surface area contributed by atoms with Crippen molar-refractivity contribution < 1.29 is 4.79 Å². The van der Waals surface area contributed by atoms with Gasteiger partial charge in [-0.25, -0.2) is 0 Å². The van der Waals surface area contributed by atoms with Crippen LogP contribution in [0.3, 0.4) is 0 Å². The van der Waals surface area contributed by atoms with E-state index in [1.165, 1.54) is 12.8 Å². The summed E-state index contributed by atoms with van der Waals surface area (Å²) in [6.45, 7) is 7.87. The molecule has 1 rings (SSSR count). The fraction of sp³-hybridized carbons (Fsp3) is 0.923. The monoisotopic (exact) mass is 258 g/mol. The summed E-state index contributed by atoms with van der Waals surface area (Å²) in [5, 5.41) is 0.617. The molecule has 1 amide bonds. The molecule has 1 heterocycles. The van der Waals surface area contributed by atoms with E-state index in [1.807, 2.05) is 30.5 Å². The zero-order valence-corrected chi connectivity index (χ0v) is 12.1. The van der Waals surface area contributed by atoms with Gasteiger partial charge in [0, 0.05) is 24.4 Å². The minimum absolute atomic E-state index is 0.0527. The van der Waals surface area contributed by atoms with Gasteiger partial charge in [-0.1, -0.05) is 20.3 Å². The molecule has 1 aliphatic rings. The molecule has 1 saturated heterocycles. The number of thioether (sulfide) groups is 1. The first-order valence-electron chi connectivity index (χ1n) is 6.72. The molecule has 0 aromatic heterocycles. The van der Waals surface area contributed by atoms with E-state index in [-0.39, 0.29) is 17.9 Å². The lowest BCUT2D eigenvalue weighted by Gasteiger charge is -2.28. The van der Waals surface area contributed by atoms with Crippen molar-refractivity contribution in [3.8, 4) is 0 Å². The summed E-state index contributed by atoms with van der Waals surface area (Å²) in [5.74, 6) is 1.32. The quantitative estimate of drug-likeness (QED) is 0.840. The van der Waals surface area contributed by atoms with Crippen LogP contribution in [0.15, 0.2) is 0 Å². The van der Waals surface area contributed by atoms with Crippen LogP contribution in [0.4, 0.5) is 0 Å². The molecule has 1 fully saturated rings. The van der Waals surface area contributed by atoms with Gasteiger partial charge in [0.2, 0.25) is 5.91 Å². The van der Waals surface area contributed by atoms with Gasteiger partial charge in [0.1, 0.15) is 0 Å². The third-order valence-corrected chi connectivity index (χ3v) is 4.71. The Bertz CT molecular complexity index is 246.